The molecule has 258 valence electrons. The van der Waals surface area contributed by atoms with Gasteiger partial charge in [-0.25, -0.2) is 0 Å². The van der Waals surface area contributed by atoms with Crippen molar-refractivity contribution < 1.29 is 58.2 Å². The molecule has 3 aliphatic carbocycles. The van der Waals surface area contributed by atoms with Crippen molar-refractivity contribution in [3.05, 3.63) is 53.6 Å². The van der Waals surface area contributed by atoms with E-state index >= 15 is 0 Å². The predicted octanol–water partition coefficient (Wildman–Crippen LogP) is 1.19. The van der Waals surface area contributed by atoms with E-state index < -0.39 is 82.1 Å². The van der Waals surface area contributed by atoms with Crippen molar-refractivity contribution in [2.24, 2.45) is 29.4 Å². The molecule has 8 rings (SSSR count). The summed E-state index contributed by atoms with van der Waals surface area (Å²) in [5.74, 6) is -12.8. The average molecular weight is 685 g/mol. The third kappa shape index (κ3) is 4.03. The van der Waals surface area contributed by atoms with Gasteiger partial charge < -0.3 is 40.0 Å². The molecule has 50 heavy (non-hydrogen) atoms. The second kappa shape index (κ2) is 10.8. The minimum atomic E-state index is -3.12. The van der Waals surface area contributed by atoms with E-state index in [4.69, 9.17) is 24.7 Å². The first kappa shape index (κ1) is 31.9. The maximum Gasteiger partial charge on any atom is 0.235 e. The van der Waals surface area contributed by atoms with Crippen LogP contribution in [0.4, 0.5) is 0 Å². The number of phenols is 1. The van der Waals surface area contributed by atoms with Gasteiger partial charge in [0.25, 0.3) is 0 Å². The molecule has 3 aromatic rings. The van der Waals surface area contributed by atoms with Crippen molar-refractivity contribution in [2.45, 2.75) is 30.6 Å². The fraction of sp³-hybridized carbons (Fsp3) is 0.361. The molecular formula is C36H32N2O12. The van der Waals surface area contributed by atoms with Gasteiger partial charge >= 0.3 is 0 Å². The molecule has 5 N–H and O–H groups in total. The second-order valence-corrected chi connectivity index (χ2v) is 13.6. The molecular weight excluding hydrogens is 652 g/mol. The summed E-state index contributed by atoms with van der Waals surface area (Å²) < 4.78 is 22.4. The molecule has 8 unspecified atom stereocenters. The number of aromatic hydroxyl groups is 1. The SMILES string of the molecule is CC1c2c(-c3ccc4c(c3)OCO4)cc(-c3cccc4c3OCO4)c(O)c2C(=O)C2C(=O)C3(O)C(=O)C(C(N)=O)C(=O)C(N(C)C)C3C(O)C21. The number of aliphatic hydroxyl groups is 2. The zero-order chi connectivity index (χ0) is 35.5. The fourth-order valence-electron chi connectivity index (χ4n) is 8.79. The number of carbonyl (C=O) groups is 5. The Morgan fingerprint density at radius 2 is 1.60 bits per heavy atom. The first-order valence-electron chi connectivity index (χ1n) is 16.0. The number of fused-ring (bicyclic) bond motifs is 5. The number of nitrogens with zero attached hydrogens (tertiary/aromatic N) is 1. The molecule has 2 aliphatic heterocycles. The number of ketones is 4. The molecule has 14 nitrogen and oxygen atoms in total. The van der Waals surface area contributed by atoms with Gasteiger partial charge in [0.1, 0.15) is 5.75 Å². The Hall–Kier alpha value is -5.31. The van der Waals surface area contributed by atoms with Crippen LogP contribution < -0.4 is 24.7 Å². The lowest BCUT2D eigenvalue weighted by atomic mass is 9.49. The number of hydrogen-bond donors (Lipinski definition) is 4. The van der Waals surface area contributed by atoms with Crippen LogP contribution in [0.5, 0.6) is 28.7 Å². The lowest BCUT2D eigenvalue weighted by Crippen LogP contribution is -2.77. The van der Waals surface area contributed by atoms with Crippen LogP contribution in [-0.2, 0) is 19.2 Å². The van der Waals surface area contributed by atoms with Crippen molar-refractivity contribution in [3.63, 3.8) is 0 Å². The van der Waals surface area contributed by atoms with Crippen LogP contribution in [-0.4, -0.2) is 94.7 Å². The van der Waals surface area contributed by atoms with Crippen LogP contribution in [0.25, 0.3) is 22.3 Å². The molecule has 2 fully saturated rings. The largest absolute Gasteiger partial charge is 0.507 e. The van der Waals surface area contributed by atoms with Crippen LogP contribution in [0.15, 0.2) is 42.5 Å². The number of aliphatic hydroxyl groups excluding tert-OH is 1. The zero-order valence-corrected chi connectivity index (χ0v) is 27.0. The average Bonchev–Trinajstić information content (AvgIpc) is 3.76. The monoisotopic (exact) mass is 684 g/mol. The molecule has 2 saturated carbocycles. The summed E-state index contributed by atoms with van der Waals surface area (Å²) in [4.78, 5) is 70.4. The molecule has 3 aromatic carbocycles. The normalized spacial score (nSPS) is 30.6. The van der Waals surface area contributed by atoms with E-state index in [2.05, 4.69) is 0 Å². The molecule has 0 spiro atoms. The Morgan fingerprint density at radius 3 is 2.32 bits per heavy atom. The van der Waals surface area contributed by atoms with Crippen LogP contribution >= 0.6 is 0 Å². The van der Waals surface area contributed by atoms with Crippen molar-refractivity contribution in [2.75, 3.05) is 27.7 Å². The maximum atomic E-state index is 14.8. The van der Waals surface area contributed by atoms with E-state index in [1.807, 2.05) is 0 Å². The third-order valence-corrected chi connectivity index (χ3v) is 11.0. The topological polar surface area (TPSA) is 212 Å². The van der Waals surface area contributed by atoms with Gasteiger partial charge in [-0.1, -0.05) is 25.1 Å². The van der Waals surface area contributed by atoms with Gasteiger partial charge in [0.05, 0.1) is 29.5 Å². The molecule has 0 radical (unpaired) electrons. The van der Waals surface area contributed by atoms with E-state index in [1.54, 1.807) is 49.4 Å². The van der Waals surface area contributed by atoms with E-state index in [0.29, 0.717) is 45.3 Å². The molecule has 0 bridgehead atoms. The lowest BCUT2D eigenvalue weighted by Gasteiger charge is -2.56. The Kier molecular flexibility index (Phi) is 6.92. The first-order valence-corrected chi connectivity index (χ1v) is 16.0. The van der Waals surface area contributed by atoms with E-state index in [1.165, 1.54) is 19.0 Å². The van der Waals surface area contributed by atoms with E-state index in [0.717, 1.165) is 0 Å². The maximum absolute atomic E-state index is 14.8. The predicted molar refractivity (Wildman–Crippen MR) is 171 cm³/mol. The Balaban J connectivity index is 1.38. The van der Waals surface area contributed by atoms with Crippen LogP contribution in [0.3, 0.4) is 0 Å². The standard InChI is InChI=1S/C36H32N2O12/c1-13-21-16(14-7-8-18-20(9-14)49-11-47-18)10-17(15-5-4-6-19-32(15)50-12-48-19)28(39)23(21)29(40)24-22(13)30(41)26-27(38(2)3)31(42)25(35(37)45)34(44)36(26,46)33(24)43/h4-10,13,22,24-27,30,39,41,46H,11-12H2,1-3H3,(H2,37,45). The zero-order valence-electron chi connectivity index (χ0n) is 27.0. The second-order valence-electron chi connectivity index (χ2n) is 13.6. The summed E-state index contributed by atoms with van der Waals surface area (Å²) in [6.07, 6.45) is -1.78. The molecule has 0 saturated heterocycles. The highest BCUT2D eigenvalue weighted by Gasteiger charge is 2.73. The third-order valence-electron chi connectivity index (χ3n) is 11.0. The minimum Gasteiger partial charge on any atom is -0.507 e. The molecule has 8 atom stereocenters. The smallest absolute Gasteiger partial charge is 0.235 e. The van der Waals surface area contributed by atoms with Gasteiger partial charge in [-0.15, -0.1) is 0 Å². The van der Waals surface area contributed by atoms with Gasteiger partial charge in [0.15, 0.2) is 57.6 Å². The number of Topliss-reactive ketones (excluding diaryl/α,β-unsaturated/α-hetero) is 4. The van der Waals surface area contributed by atoms with E-state index in [-0.39, 0.29) is 24.7 Å². The first-order chi connectivity index (χ1) is 23.8. The molecule has 5 aliphatic rings. The minimum absolute atomic E-state index is 0.00352. The summed E-state index contributed by atoms with van der Waals surface area (Å²) in [6, 6.07) is 10.4. The number of benzene rings is 3. The number of nitrogens with two attached hydrogens (primary N) is 1. The Labute approximate surface area is 284 Å². The van der Waals surface area contributed by atoms with Gasteiger partial charge in [-0.3, -0.25) is 28.9 Å². The number of likely N-dealkylation sites (N-methyl/N-ethyl adjacent to an activating group) is 1. The number of amides is 1. The highest BCUT2D eigenvalue weighted by Crippen LogP contribution is 2.58. The Bertz CT molecular complexity index is 2080. The molecule has 1 amide bonds. The number of para-hydroxylation sites is 1. The Morgan fingerprint density at radius 1 is 0.900 bits per heavy atom. The van der Waals surface area contributed by atoms with Crippen molar-refractivity contribution in [3.8, 4) is 51.0 Å². The molecule has 2 heterocycles. The van der Waals surface area contributed by atoms with Crippen molar-refractivity contribution in [1.82, 2.24) is 4.90 Å². The summed E-state index contributed by atoms with van der Waals surface area (Å²) in [5.41, 5.74) is 3.92. The van der Waals surface area contributed by atoms with Crippen molar-refractivity contribution in [1.29, 1.82) is 0 Å². The van der Waals surface area contributed by atoms with Gasteiger partial charge in [0.2, 0.25) is 19.5 Å². The van der Waals surface area contributed by atoms with Gasteiger partial charge in [-0.2, -0.15) is 0 Å². The molecule has 14 heteroatoms. The van der Waals surface area contributed by atoms with Crippen LogP contribution in [0, 0.1) is 23.7 Å². The van der Waals surface area contributed by atoms with Crippen LogP contribution in [0.1, 0.15) is 28.8 Å². The quantitative estimate of drug-likeness (QED) is 0.285. The van der Waals surface area contributed by atoms with E-state index in [9.17, 15) is 39.3 Å². The number of carbonyl (C=O) groups excluding carboxylic acids is 5. The number of primary amides is 1. The molecule has 0 aromatic heterocycles. The highest BCUT2D eigenvalue weighted by molar-refractivity contribution is 6.32. The summed E-state index contributed by atoms with van der Waals surface area (Å²) in [7, 11) is 2.88. The number of ether oxygens (including phenoxy) is 4. The summed E-state index contributed by atoms with van der Waals surface area (Å²) in [5, 5.41) is 36.2. The fourth-order valence-corrected chi connectivity index (χ4v) is 8.79. The number of phenolic OH excluding ortho intramolecular Hbond substituents is 1. The van der Waals surface area contributed by atoms with Gasteiger partial charge in [0, 0.05) is 17.0 Å². The van der Waals surface area contributed by atoms with Gasteiger partial charge in [-0.05, 0) is 61.0 Å². The number of hydrogen-bond acceptors (Lipinski definition) is 13. The number of rotatable bonds is 4. The lowest BCUT2D eigenvalue weighted by molar-refractivity contribution is -0.196. The highest BCUT2D eigenvalue weighted by atomic mass is 16.7. The summed E-state index contributed by atoms with van der Waals surface area (Å²) >= 11 is 0. The van der Waals surface area contributed by atoms with Crippen LogP contribution in [0.2, 0.25) is 0 Å². The summed E-state index contributed by atoms with van der Waals surface area (Å²) in [6.45, 7) is 1.60. The van der Waals surface area contributed by atoms with Crippen molar-refractivity contribution >= 4 is 29.0 Å².